The van der Waals surface area contributed by atoms with Gasteiger partial charge in [0.05, 0.1) is 12.9 Å². The van der Waals surface area contributed by atoms with Crippen LogP contribution in [-0.4, -0.2) is 68.5 Å². The van der Waals surface area contributed by atoms with Crippen LogP contribution in [0.2, 0.25) is 0 Å². The highest BCUT2D eigenvalue weighted by atomic mass is 31.2. The van der Waals surface area contributed by atoms with Gasteiger partial charge in [0.1, 0.15) is 17.9 Å². The number of amides is 1. The van der Waals surface area contributed by atoms with Gasteiger partial charge >= 0.3 is 13.9 Å². The molecule has 2 saturated heterocycles. The fraction of sp³-hybridized carbons (Fsp3) is 0.538. The number of nitrogens with zero attached hydrogens (tertiary/aromatic N) is 4. The summed E-state index contributed by atoms with van der Waals surface area (Å²) in [7, 11) is -4.39. The number of fused-ring (bicyclic) bond motifs is 3. The van der Waals surface area contributed by atoms with Crippen LogP contribution in [0.3, 0.4) is 0 Å². The second-order valence-electron chi connectivity index (χ2n) is 6.07. The maximum absolute atomic E-state index is 12.1. The van der Waals surface area contributed by atoms with Crippen LogP contribution < -0.4 is 16.8 Å². The van der Waals surface area contributed by atoms with Gasteiger partial charge in [0.2, 0.25) is 0 Å². The highest BCUT2D eigenvalue weighted by molar-refractivity contribution is 7.47. The number of ether oxygens (including phenoxy) is 2. The van der Waals surface area contributed by atoms with Gasteiger partial charge in [-0.15, -0.1) is 0 Å². The van der Waals surface area contributed by atoms with Crippen LogP contribution in [0, 0.1) is 0 Å². The van der Waals surface area contributed by atoms with Crippen molar-refractivity contribution in [2.24, 2.45) is 5.73 Å². The number of nitrogen functional groups attached to an aromatic ring is 1. The summed E-state index contributed by atoms with van der Waals surface area (Å²) < 4.78 is 34.9. The zero-order valence-electron chi connectivity index (χ0n) is 14.4. The number of alkyl carbamates (subject to hydrolysis) is 1. The molecule has 0 aromatic carbocycles. The lowest BCUT2D eigenvalue weighted by atomic mass is 10.1. The van der Waals surface area contributed by atoms with E-state index in [0.29, 0.717) is 11.2 Å². The number of carbonyl (C=O) groups excluding carboxylic acids is 1. The monoisotopic (exact) mass is 415 g/mol. The number of nitrogens with one attached hydrogen (secondary N) is 1. The molecule has 2 aliphatic rings. The number of imidazole rings is 1. The van der Waals surface area contributed by atoms with Crippen molar-refractivity contribution < 1.29 is 32.8 Å². The molecule has 2 fully saturated rings. The number of anilines is 1. The van der Waals surface area contributed by atoms with Crippen molar-refractivity contribution in [1.29, 1.82) is 0 Å². The van der Waals surface area contributed by atoms with E-state index in [-0.39, 0.29) is 25.5 Å². The second-order valence-corrected chi connectivity index (χ2v) is 7.47. The molecule has 28 heavy (non-hydrogen) atoms. The van der Waals surface area contributed by atoms with E-state index in [4.69, 9.17) is 30.0 Å². The normalized spacial score (nSPS) is 32.2. The zero-order chi connectivity index (χ0) is 19.9. The molecular formula is C13H18N7O7P. The Hall–Kier alpha value is -2.35. The summed E-state index contributed by atoms with van der Waals surface area (Å²) in [6.07, 6.45) is -2.16. The minimum absolute atomic E-state index is 0.160. The quantitative estimate of drug-likeness (QED) is 0.439. The van der Waals surface area contributed by atoms with E-state index in [1.54, 1.807) is 0 Å². The van der Waals surface area contributed by atoms with Gasteiger partial charge in [0.25, 0.3) is 0 Å². The number of aromatic nitrogens is 4. The lowest BCUT2D eigenvalue weighted by Gasteiger charge is -2.24. The number of phosphoric ester groups is 1. The summed E-state index contributed by atoms with van der Waals surface area (Å²) >= 11 is 0. The van der Waals surface area contributed by atoms with E-state index in [9.17, 15) is 14.3 Å². The van der Waals surface area contributed by atoms with Gasteiger partial charge in [0, 0.05) is 13.1 Å². The fourth-order valence-electron chi connectivity index (χ4n) is 3.07. The van der Waals surface area contributed by atoms with Crippen molar-refractivity contribution in [1.82, 2.24) is 24.8 Å². The lowest BCUT2D eigenvalue weighted by molar-refractivity contribution is -0.0677. The molecule has 1 unspecified atom stereocenters. The van der Waals surface area contributed by atoms with Gasteiger partial charge in [-0.05, 0) is 0 Å². The Balaban J connectivity index is 1.67. The lowest BCUT2D eigenvalue weighted by Crippen LogP contribution is -2.41. The molecule has 14 nitrogen and oxygen atoms in total. The third-order valence-electron chi connectivity index (χ3n) is 4.26. The smallest absolute Gasteiger partial charge is 0.440 e. The Morgan fingerprint density at radius 1 is 1.46 bits per heavy atom. The molecule has 2 bridgehead atoms. The van der Waals surface area contributed by atoms with E-state index in [2.05, 4.69) is 20.3 Å². The van der Waals surface area contributed by atoms with Crippen molar-refractivity contribution in [3.63, 3.8) is 0 Å². The maximum Gasteiger partial charge on any atom is 0.472 e. The number of hydrogen-bond donors (Lipinski definition) is 4. The predicted molar refractivity (Wildman–Crippen MR) is 91.6 cm³/mol. The summed E-state index contributed by atoms with van der Waals surface area (Å²) in [5.74, 6) is 0.160. The fourth-order valence-corrected chi connectivity index (χ4v) is 4.00. The van der Waals surface area contributed by atoms with Crippen LogP contribution in [-0.2, 0) is 23.1 Å². The van der Waals surface area contributed by atoms with Crippen molar-refractivity contribution in [2.45, 2.75) is 24.5 Å². The maximum atomic E-state index is 12.1. The molecule has 5 atom stereocenters. The number of nitrogens with two attached hydrogens (primary N) is 2. The molecule has 0 saturated carbocycles. The summed E-state index contributed by atoms with van der Waals surface area (Å²) in [6, 6.07) is 0. The Labute approximate surface area is 157 Å². The van der Waals surface area contributed by atoms with Crippen LogP contribution in [0.25, 0.3) is 11.2 Å². The van der Waals surface area contributed by atoms with Crippen LogP contribution in [0.5, 0.6) is 0 Å². The zero-order valence-corrected chi connectivity index (χ0v) is 15.3. The summed E-state index contributed by atoms with van der Waals surface area (Å²) in [6.45, 7) is 0.0993. The molecule has 2 aromatic heterocycles. The summed E-state index contributed by atoms with van der Waals surface area (Å²) in [4.78, 5) is 34.0. The number of phosphoric acid groups is 1. The topological polar surface area (TPSA) is 199 Å². The first kappa shape index (κ1) is 19.0. The third-order valence-corrected chi connectivity index (χ3v) is 5.25. The van der Waals surface area contributed by atoms with E-state index in [1.807, 2.05) is 0 Å². The van der Waals surface area contributed by atoms with Crippen molar-refractivity contribution >= 4 is 30.9 Å². The minimum Gasteiger partial charge on any atom is -0.440 e. The molecule has 15 heteroatoms. The summed E-state index contributed by atoms with van der Waals surface area (Å²) in [5.41, 5.74) is 11.8. The molecule has 0 radical (unpaired) electrons. The number of rotatable bonds is 4. The van der Waals surface area contributed by atoms with Crippen LogP contribution >= 0.6 is 7.82 Å². The molecule has 1 amide bonds. The Bertz CT molecular complexity index is 939. The van der Waals surface area contributed by atoms with Crippen LogP contribution in [0.4, 0.5) is 10.6 Å². The molecule has 0 spiro atoms. The first-order valence-corrected chi connectivity index (χ1v) is 9.78. The Morgan fingerprint density at radius 2 is 2.29 bits per heavy atom. The first-order chi connectivity index (χ1) is 13.4. The van der Waals surface area contributed by atoms with E-state index in [1.165, 1.54) is 17.2 Å². The van der Waals surface area contributed by atoms with Crippen molar-refractivity contribution in [3.05, 3.63) is 12.7 Å². The Morgan fingerprint density at radius 3 is 3.07 bits per heavy atom. The third kappa shape index (κ3) is 3.41. The average molecular weight is 415 g/mol. The SMILES string of the molecule is NCCNC(=O)O[C@H]1[C@H]2OP(=O)(O)OC[C@H]1O[C@H]2n1cnc2c(N)ncnc21. The van der Waals surface area contributed by atoms with E-state index in [0.717, 1.165) is 0 Å². The van der Waals surface area contributed by atoms with Gasteiger partial charge in [-0.3, -0.25) is 13.6 Å². The molecule has 2 aliphatic heterocycles. The molecule has 4 rings (SSSR count). The van der Waals surface area contributed by atoms with Crippen LogP contribution in [0.15, 0.2) is 12.7 Å². The molecule has 0 aliphatic carbocycles. The number of carbonyl (C=O) groups is 1. The average Bonchev–Trinajstić information content (AvgIpc) is 3.17. The predicted octanol–water partition coefficient (Wildman–Crippen LogP) is -1.12. The molecule has 152 valence electrons. The molecule has 2 aromatic rings. The molecular weight excluding hydrogens is 397 g/mol. The highest BCUT2D eigenvalue weighted by Crippen LogP contribution is 2.53. The summed E-state index contributed by atoms with van der Waals surface area (Å²) in [5, 5.41) is 2.45. The number of hydrogen-bond acceptors (Lipinski definition) is 11. The Kier molecular flexibility index (Phi) is 4.91. The highest BCUT2D eigenvalue weighted by Gasteiger charge is 2.55. The van der Waals surface area contributed by atoms with Gasteiger partial charge < -0.3 is 31.2 Å². The second kappa shape index (κ2) is 7.24. The van der Waals surface area contributed by atoms with E-state index < -0.39 is 38.5 Å². The van der Waals surface area contributed by atoms with Gasteiger partial charge in [-0.25, -0.2) is 24.3 Å². The van der Waals surface area contributed by atoms with Gasteiger partial charge in [0.15, 0.2) is 29.9 Å². The minimum atomic E-state index is -4.39. The largest absolute Gasteiger partial charge is 0.472 e. The van der Waals surface area contributed by atoms with Crippen molar-refractivity contribution in [3.8, 4) is 0 Å². The standard InChI is InChI=1S/C13H18N7O7P/c14-1-2-16-13(21)26-8-6-3-24-28(22,23)27-9(8)12(25-6)20-5-19-7-10(15)17-4-18-11(7)20/h4-6,8-9,12H,1-3,14H2,(H,16,21)(H,22,23)(H2,15,17,18)/t6-,8-,9-,12-/m1/s1. The van der Waals surface area contributed by atoms with E-state index >= 15 is 0 Å². The van der Waals surface area contributed by atoms with Crippen LogP contribution in [0.1, 0.15) is 6.23 Å². The van der Waals surface area contributed by atoms with Gasteiger partial charge in [-0.1, -0.05) is 0 Å². The first-order valence-electron chi connectivity index (χ1n) is 8.28. The van der Waals surface area contributed by atoms with Crippen molar-refractivity contribution in [2.75, 3.05) is 25.4 Å². The molecule has 4 heterocycles. The molecule has 6 N–H and O–H groups in total. The van der Waals surface area contributed by atoms with Gasteiger partial charge in [-0.2, -0.15) is 0 Å².